The van der Waals surface area contributed by atoms with E-state index in [1.807, 2.05) is 0 Å². The molecule has 2 atom stereocenters. The van der Waals surface area contributed by atoms with Gasteiger partial charge in [-0.25, -0.2) is 14.6 Å². The zero-order valence-electron chi connectivity index (χ0n) is 21.5. The summed E-state index contributed by atoms with van der Waals surface area (Å²) in [6.07, 6.45) is 0.305. The second-order valence-electron chi connectivity index (χ2n) is 10.1. The molecule has 42 heavy (non-hydrogen) atoms. The molecule has 2 aromatic heterocycles. The highest BCUT2D eigenvalue weighted by atomic mass is 35.5. The highest BCUT2D eigenvalue weighted by molar-refractivity contribution is 6.39. The molecule has 2 N–H and O–H groups in total. The van der Waals surface area contributed by atoms with Crippen LogP contribution in [0.1, 0.15) is 59.8 Å². The van der Waals surface area contributed by atoms with E-state index in [2.05, 4.69) is 10.1 Å². The zero-order chi connectivity index (χ0) is 30.4. The Balaban J connectivity index is 0.000000451. The number of aromatic nitrogens is 2. The Morgan fingerprint density at radius 2 is 1.76 bits per heavy atom. The molecule has 2 bridgehead atoms. The number of ether oxygens (including phenoxy) is 1. The van der Waals surface area contributed by atoms with E-state index in [1.54, 1.807) is 29.2 Å². The molecule has 1 aliphatic heterocycles. The molecule has 3 fully saturated rings. The number of carboxylic acid groups (broad SMARTS) is 2. The quantitative estimate of drug-likeness (QED) is 0.308. The highest BCUT2D eigenvalue weighted by Gasteiger charge is 2.58. The summed E-state index contributed by atoms with van der Waals surface area (Å²) < 4.78 is 44.1. The molecule has 3 heterocycles. The van der Waals surface area contributed by atoms with Gasteiger partial charge in [0.1, 0.15) is 22.9 Å². The van der Waals surface area contributed by atoms with Gasteiger partial charge >= 0.3 is 18.1 Å². The van der Waals surface area contributed by atoms with Crippen LogP contribution in [-0.2, 0) is 20.9 Å². The summed E-state index contributed by atoms with van der Waals surface area (Å²) in [7, 11) is 0. The van der Waals surface area contributed by atoms with Crippen molar-refractivity contribution in [2.45, 2.75) is 56.5 Å². The van der Waals surface area contributed by atoms with Crippen molar-refractivity contribution in [3.63, 3.8) is 0 Å². The summed E-state index contributed by atoms with van der Waals surface area (Å²) >= 11 is 13.0. The number of piperidine rings is 1. The Labute approximate surface area is 246 Å². The van der Waals surface area contributed by atoms with E-state index in [4.69, 9.17) is 42.4 Å². The minimum Gasteiger partial charge on any atom is -0.477 e. The van der Waals surface area contributed by atoms with Gasteiger partial charge in [-0.05, 0) is 49.9 Å². The summed E-state index contributed by atoms with van der Waals surface area (Å²) in [4.78, 5) is 38.9. The number of pyridine rings is 1. The number of aliphatic carboxylic acids is 1. The molecule has 1 amide bonds. The van der Waals surface area contributed by atoms with Gasteiger partial charge in [0, 0.05) is 29.4 Å². The van der Waals surface area contributed by atoms with E-state index < -0.39 is 23.8 Å². The number of fused-ring (bicyclic) bond motifs is 2. The fourth-order valence-electron chi connectivity index (χ4n) is 5.24. The van der Waals surface area contributed by atoms with Crippen LogP contribution in [0.2, 0.25) is 10.0 Å². The zero-order valence-corrected chi connectivity index (χ0v) is 23.0. The van der Waals surface area contributed by atoms with Crippen LogP contribution >= 0.6 is 23.2 Å². The number of aromatic carboxylic acids is 1. The van der Waals surface area contributed by atoms with Crippen molar-refractivity contribution >= 4 is 46.7 Å². The van der Waals surface area contributed by atoms with E-state index in [9.17, 15) is 27.9 Å². The van der Waals surface area contributed by atoms with E-state index in [-0.39, 0.29) is 30.0 Å². The number of alkyl halides is 3. The molecule has 10 nitrogen and oxygen atoms in total. The number of carbonyl (C=O) groups excluding carboxylic acids is 1. The van der Waals surface area contributed by atoms with Crippen LogP contribution in [0.3, 0.4) is 0 Å². The largest absolute Gasteiger partial charge is 0.490 e. The van der Waals surface area contributed by atoms with Crippen LogP contribution in [0.4, 0.5) is 18.9 Å². The van der Waals surface area contributed by atoms with Crippen molar-refractivity contribution in [1.29, 1.82) is 0 Å². The van der Waals surface area contributed by atoms with E-state index in [0.29, 0.717) is 39.8 Å². The van der Waals surface area contributed by atoms with Crippen LogP contribution in [-0.4, -0.2) is 50.1 Å². The number of amides is 1. The van der Waals surface area contributed by atoms with E-state index in [0.717, 1.165) is 30.6 Å². The molecule has 0 spiro atoms. The number of rotatable bonds is 7. The van der Waals surface area contributed by atoms with Crippen molar-refractivity contribution in [2.24, 2.45) is 5.92 Å². The van der Waals surface area contributed by atoms with Crippen molar-refractivity contribution in [1.82, 2.24) is 10.1 Å². The Morgan fingerprint density at radius 1 is 1.10 bits per heavy atom. The molecule has 6 rings (SSSR count). The van der Waals surface area contributed by atoms with Crippen LogP contribution in [0.15, 0.2) is 41.1 Å². The molecular formula is C27H22Cl2F3N3O7. The number of anilines is 1. The second kappa shape index (κ2) is 11.2. The first-order chi connectivity index (χ1) is 19.8. The lowest BCUT2D eigenvalue weighted by Gasteiger charge is -2.38. The first-order valence-electron chi connectivity index (χ1n) is 12.7. The Bertz CT molecular complexity index is 1520. The molecule has 1 aromatic carbocycles. The molecule has 2 aliphatic carbocycles. The predicted molar refractivity (Wildman–Crippen MR) is 141 cm³/mol. The molecule has 3 aromatic rings. The second-order valence-corrected chi connectivity index (χ2v) is 10.9. The molecular weight excluding hydrogens is 606 g/mol. The van der Waals surface area contributed by atoms with E-state index >= 15 is 0 Å². The summed E-state index contributed by atoms with van der Waals surface area (Å²) in [5.41, 5.74) is 1.52. The maximum absolute atomic E-state index is 13.2. The third-order valence-electron chi connectivity index (χ3n) is 7.35. The first kappa shape index (κ1) is 29.8. The molecule has 3 aliphatic rings. The number of hydrogen-bond donors (Lipinski definition) is 2. The van der Waals surface area contributed by atoms with Crippen molar-refractivity contribution in [3.8, 4) is 11.3 Å². The number of halogens is 5. The lowest BCUT2D eigenvalue weighted by Crippen LogP contribution is -2.49. The average Bonchev–Trinajstić information content (AvgIpc) is 3.45. The van der Waals surface area contributed by atoms with Gasteiger partial charge in [-0.3, -0.25) is 9.69 Å². The fraction of sp³-hybridized carbons (Fsp3) is 0.370. The van der Waals surface area contributed by atoms with Crippen LogP contribution in [0.5, 0.6) is 0 Å². The maximum atomic E-state index is 13.2. The molecule has 0 radical (unpaired) electrons. The minimum atomic E-state index is -5.08. The minimum absolute atomic E-state index is 0.0387. The number of carboxylic acids is 2. The average molecular weight is 628 g/mol. The van der Waals surface area contributed by atoms with E-state index in [1.165, 1.54) is 12.3 Å². The highest BCUT2D eigenvalue weighted by Crippen LogP contribution is 2.52. The van der Waals surface area contributed by atoms with Crippen molar-refractivity contribution in [2.75, 3.05) is 4.90 Å². The number of hydrogen-bond acceptors (Lipinski definition) is 7. The summed E-state index contributed by atoms with van der Waals surface area (Å²) in [6.45, 7) is 0.170. The number of carbonyl (C=O) groups is 3. The van der Waals surface area contributed by atoms with Gasteiger partial charge in [0.15, 0.2) is 0 Å². The monoisotopic (exact) mass is 627 g/mol. The maximum Gasteiger partial charge on any atom is 0.490 e. The summed E-state index contributed by atoms with van der Waals surface area (Å²) in [5.74, 6) is -3.01. The third-order valence-corrected chi connectivity index (χ3v) is 7.98. The fourth-order valence-corrected chi connectivity index (χ4v) is 5.82. The Kier molecular flexibility index (Phi) is 7.94. The predicted octanol–water partition coefficient (Wildman–Crippen LogP) is 6.31. The van der Waals surface area contributed by atoms with Gasteiger partial charge < -0.3 is 19.5 Å². The molecule has 1 saturated heterocycles. The van der Waals surface area contributed by atoms with Gasteiger partial charge in [-0.15, -0.1) is 0 Å². The van der Waals surface area contributed by atoms with Gasteiger partial charge in [0.25, 0.3) is 0 Å². The molecule has 222 valence electrons. The molecule has 2 saturated carbocycles. The van der Waals surface area contributed by atoms with Crippen LogP contribution in [0, 0.1) is 5.92 Å². The summed E-state index contributed by atoms with van der Waals surface area (Å²) in [6, 6.07) is 8.28. The van der Waals surface area contributed by atoms with Gasteiger partial charge in [0.2, 0.25) is 5.91 Å². The third kappa shape index (κ3) is 5.68. The normalized spacial score (nSPS) is 21.3. The first-order valence-corrected chi connectivity index (χ1v) is 13.5. The van der Waals surface area contributed by atoms with Crippen LogP contribution in [0.25, 0.3) is 11.3 Å². The molecule has 15 heteroatoms. The van der Waals surface area contributed by atoms with Gasteiger partial charge in [0.05, 0.1) is 28.5 Å². The molecule has 0 unspecified atom stereocenters. The topological polar surface area (TPSA) is 143 Å². The van der Waals surface area contributed by atoms with Crippen molar-refractivity contribution in [3.05, 3.63) is 63.6 Å². The SMILES string of the molecule is O=C(O)C(F)(F)F.O=C(O)c1ccc(N2C(=O)[C@@H]3CC[C@]2(OCc2c(-c4c(Cl)cccc4Cl)noc2C2CC2)C3)cn1. The standard InChI is InChI=1S/C25H21Cl2N3O5.C2HF3O2/c26-17-2-1-3-18(27)20(17)21-16(22(35-29-21)13-4-5-13)12-34-25-9-8-14(10-25)23(31)30(25)15-6-7-19(24(32)33)28-11-15;3-2(4,5)1(6)7/h1-3,6-7,11,13-14H,4-5,8-10,12H2,(H,32,33);(H,6,7)/t14-,25+;/m1./s1. The van der Waals surface area contributed by atoms with Gasteiger partial charge in [-0.1, -0.05) is 34.4 Å². The lowest BCUT2D eigenvalue weighted by atomic mass is 10.0. The Morgan fingerprint density at radius 3 is 2.31 bits per heavy atom. The Hall–Kier alpha value is -3.68. The lowest BCUT2D eigenvalue weighted by molar-refractivity contribution is -0.192. The van der Waals surface area contributed by atoms with Crippen LogP contribution < -0.4 is 4.90 Å². The number of nitrogens with zero attached hydrogens (tertiary/aromatic N) is 3. The smallest absolute Gasteiger partial charge is 0.477 e. The summed E-state index contributed by atoms with van der Waals surface area (Å²) in [5, 5.41) is 21.6. The van der Waals surface area contributed by atoms with Gasteiger partial charge in [-0.2, -0.15) is 13.2 Å². The van der Waals surface area contributed by atoms with Crippen molar-refractivity contribution < 1.29 is 47.0 Å². The number of benzene rings is 1.